The number of anilines is 1. The molecule has 1 aliphatic carbocycles. The van der Waals surface area contributed by atoms with E-state index in [0.29, 0.717) is 40.4 Å². The van der Waals surface area contributed by atoms with Crippen LogP contribution in [0.25, 0.3) is 10.3 Å². The predicted octanol–water partition coefficient (Wildman–Crippen LogP) is 2.54. The number of rotatable bonds is 10. The fraction of sp³-hybridized carbons (Fsp3) is 0.333. The number of carboxylic acid groups (broad SMARTS) is 1. The van der Waals surface area contributed by atoms with E-state index in [1.807, 2.05) is 0 Å². The normalized spacial score (nSPS) is 19.4. The van der Waals surface area contributed by atoms with Crippen LogP contribution in [-0.2, 0) is 28.7 Å². The number of hydrogen-bond acceptors (Lipinski definition) is 10. The van der Waals surface area contributed by atoms with Crippen molar-refractivity contribution >= 4 is 59.8 Å². The molecule has 3 heterocycles. The van der Waals surface area contributed by atoms with Gasteiger partial charge in [-0.25, -0.2) is 14.8 Å². The average molecular weight is 545 g/mol. The van der Waals surface area contributed by atoms with Crippen molar-refractivity contribution < 1.29 is 33.2 Å². The van der Waals surface area contributed by atoms with Gasteiger partial charge in [-0.3, -0.25) is 14.3 Å². The number of oxime groups is 1. The van der Waals surface area contributed by atoms with Crippen LogP contribution in [0.15, 0.2) is 46.4 Å². The lowest BCUT2D eigenvalue weighted by Gasteiger charge is -2.11. The van der Waals surface area contributed by atoms with Crippen LogP contribution in [-0.4, -0.2) is 73.9 Å². The number of ether oxygens (including phenoxy) is 2. The van der Waals surface area contributed by atoms with Gasteiger partial charge in [0, 0.05) is 28.2 Å². The lowest BCUT2D eigenvalue weighted by molar-refractivity contribution is -0.139. The van der Waals surface area contributed by atoms with Gasteiger partial charge in [-0.2, -0.15) is 0 Å². The maximum absolute atomic E-state index is 13.3. The van der Waals surface area contributed by atoms with Crippen LogP contribution >= 0.6 is 11.3 Å². The number of thiazole rings is 1. The summed E-state index contributed by atoms with van der Waals surface area (Å²) < 4.78 is 23.4. The van der Waals surface area contributed by atoms with Gasteiger partial charge in [0.05, 0.1) is 13.2 Å². The summed E-state index contributed by atoms with van der Waals surface area (Å²) in [7, 11) is -2.38. The number of carbonyl (C=O) groups is 2. The number of amides is 1. The number of benzene rings is 1. The topological polar surface area (TPSA) is 149 Å². The number of nitrogens with zero attached hydrogens (tertiary/aromatic N) is 3. The standard InChI is InChI=1S/C24H24N4O7S2/c1-37(32,17-6-7-17)16-4-2-14(3-5-16)21(28-35-15-10-11-33-12-15)22(31)27-24-25-18-8-9-19(26-23(18)36-24)34-13-20(29)30/h2-5,8-9,15,17H,1,6-7,10-13H2,(H,29,30)(H,25,27,31)/b28-21+/t15-,37?/m1/s1. The van der Waals surface area contributed by atoms with Gasteiger partial charge in [0.1, 0.15) is 10.3 Å². The minimum atomic E-state index is -2.38. The molecule has 13 heteroatoms. The van der Waals surface area contributed by atoms with Crippen LogP contribution in [0, 0.1) is 0 Å². The van der Waals surface area contributed by atoms with E-state index in [1.165, 1.54) is 6.07 Å². The molecule has 1 aliphatic heterocycles. The molecule has 1 unspecified atom stereocenters. The third-order valence-electron chi connectivity index (χ3n) is 5.78. The molecule has 1 aromatic carbocycles. The third-order valence-corrected chi connectivity index (χ3v) is 9.28. The SMILES string of the molecule is C=S(=O)(c1ccc(/C(=N\O[C@@H]2CCOC2)C(=O)Nc2nc3ccc(OCC(=O)O)nc3s2)cc1)C1CC1. The van der Waals surface area contributed by atoms with Crippen molar-refractivity contribution in [1.29, 1.82) is 0 Å². The van der Waals surface area contributed by atoms with Gasteiger partial charge in [0.15, 0.2) is 23.6 Å². The number of pyridine rings is 1. The van der Waals surface area contributed by atoms with Crippen LogP contribution in [0.2, 0.25) is 0 Å². The van der Waals surface area contributed by atoms with E-state index >= 15 is 0 Å². The first-order valence-electron chi connectivity index (χ1n) is 11.5. The van der Waals surface area contributed by atoms with Crippen LogP contribution < -0.4 is 10.1 Å². The van der Waals surface area contributed by atoms with Crippen molar-refractivity contribution in [3.63, 3.8) is 0 Å². The zero-order valence-corrected chi connectivity index (χ0v) is 21.3. The first-order valence-corrected chi connectivity index (χ1v) is 14.1. The van der Waals surface area contributed by atoms with Crippen molar-refractivity contribution in [1.82, 2.24) is 9.97 Å². The highest BCUT2D eigenvalue weighted by molar-refractivity contribution is 8.01. The van der Waals surface area contributed by atoms with Crippen molar-refractivity contribution in [2.45, 2.75) is 35.5 Å². The molecular weight excluding hydrogens is 520 g/mol. The van der Waals surface area contributed by atoms with Crippen LogP contribution in [0.1, 0.15) is 24.8 Å². The number of aliphatic carboxylic acids is 1. The minimum absolute atomic E-state index is 0.0260. The summed E-state index contributed by atoms with van der Waals surface area (Å²) >= 11 is 1.10. The first-order chi connectivity index (χ1) is 17.8. The summed E-state index contributed by atoms with van der Waals surface area (Å²) in [4.78, 5) is 39.3. The molecule has 1 amide bonds. The Hall–Kier alpha value is -3.55. The van der Waals surface area contributed by atoms with E-state index in [1.54, 1.807) is 30.3 Å². The molecule has 2 N–H and O–H groups in total. The summed E-state index contributed by atoms with van der Waals surface area (Å²) in [5, 5.41) is 16.0. The second-order valence-corrected chi connectivity index (χ2v) is 12.2. The summed E-state index contributed by atoms with van der Waals surface area (Å²) in [6.45, 7) is 0.430. The summed E-state index contributed by atoms with van der Waals surface area (Å²) in [5.74, 6) is 2.40. The van der Waals surface area contributed by atoms with Gasteiger partial charge in [-0.15, -0.1) is 0 Å². The van der Waals surface area contributed by atoms with Crippen molar-refractivity contribution in [2.75, 3.05) is 25.1 Å². The molecule has 5 rings (SSSR count). The second-order valence-electron chi connectivity index (χ2n) is 8.61. The van der Waals surface area contributed by atoms with Crippen molar-refractivity contribution in [3.8, 4) is 5.88 Å². The predicted molar refractivity (Wildman–Crippen MR) is 139 cm³/mol. The number of aromatic nitrogens is 2. The van der Waals surface area contributed by atoms with Gasteiger partial charge >= 0.3 is 5.97 Å². The fourth-order valence-corrected chi connectivity index (χ4v) is 6.36. The molecule has 3 aromatic rings. The Bertz CT molecular complexity index is 1460. The fourth-order valence-electron chi connectivity index (χ4n) is 3.66. The largest absolute Gasteiger partial charge is 0.479 e. The quantitative estimate of drug-likeness (QED) is 0.223. The molecule has 0 spiro atoms. The molecule has 194 valence electrons. The molecule has 1 saturated carbocycles. The molecule has 0 bridgehead atoms. The Balaban J connectivity index is 1.37. The van der Waals surface area contributed by atoms with Crippen LogP contribution in [0.3, 0.4) is 0 Å². The zero-order chi connectivity index (χ0) is 26.0. The Morgan fingerprint density at radius 1 is 1.19 bits per heavy atom. The molecule has 37 heavy (non-hydrogen) atoms. The summed E-state index contributed by atoms with van der Waals surface area (Å²) in [5.41, 5.74) is 1.02. The van der Waals surface area contributed by atoms with Crippen LogP contribution in [0.4, 0.5) is 5.13 Å². The van der Waals surface area contributed by atoms with Crippen molar-refractivity contribution in [3.05, 3.63) is 42.0 Å². The Morgan fingerprint density at radius 2 is 1.97 bits per heavy atom. The van der Waals surface area contributed by atoms with Gasteiger partial charge in [0.25, 0.3) is 5.91 Å². The van der Waals surface area contributed by atoms with Gasteiger partial charge in [-0.05, 0) is 46.4 Å². The molecule has 2 fully saturated rings. The van der Waals surface area contributed by atoms with Gasteiger partial charge in [0.2, 0.25) is 5.88 Å². The van der Waals surface area contributed by atoms with E-state index < -0.39 is 28.0 Å². The van der Waals surface area contributed by atoms with E-state index in [2.05, 4.69) is 26.3 Å². The lowest BCUT2D eigenvalue weighted by Crippen LogP contribution is -2.25. The molecule has 0 radical (unpaired) electrons. The summed E-state index contributed by atoms with van der Waals surface area (Å²) in [6.07, 6.45) is 2.21. The molecule has 2 aromatic heterocycles. The zero-order valence-electron chi connectivity index (χ0n) is 19.6. The molecule has 2 aliphatic rings. The summed E-state index contributed by atoms with van der Waals surface area (Å²) in [6, 6.07) is 9.92. The van der Waals surface area contributed by atoms with E-state index in [0.717, 1.165) is 24.2 Å². The highest BCUT2D eigenvalue weighted by Gasteiger charge is 2.32. The van der Waals surface area contributed by atoms with Gasteiger partial charge < -0.3 is 19.4 Å². The van der Waals surface area contributed by atoms with E-state index in [4.69, 9.17) is 19.4 Å². The van der Waals surface area contributed by atoms with Crippen LogP contribution in [0.5, 0.6) is 5.88 Å². The monoisotopic (exact) mass is 544 g/mol. The first kappa shape index (κ1) is 25.1. The van der Waals surface area contributed by atoms with Gasteiger partial charge in [-0.1, -0.05) is 28.6 Å². The number of carboxylic acids is 1. The second kappa shape index (κ2) is 10.4. The maximum Gasteiger partial charge on any atom is 0.341 e. The molecule has 1 saturated heterocycles. The highest BCUT2D eigenvalue weighted by atomic mass is 32.2. The third kappa shape index (κ3) is 5.89. The Labute approximate surface area is 216 Å². The Morgan fingerprint density at radius 3 is 2.65 bits per heavy atom. The number of fused-ring (bicyclic) bond motifs is 1. The molecule has 11 nitrogen and oxygen atoms in total. The lowest BCUT2D eigenvalue weighted by atomic mass is 10.1. The van der Waals surface area contributed by atoms with E-state index in [9.17, 15) is 13.8 Å². The maximum atomic E-state index is 13.3. The van der Waals surface area contributed by atoms with E-state index in [-0.39, 0.29) is 28.1 Å². The minimum Gasteiger partial charge on any atom is -0.479 e. The van der Waals surface area contributed by atoms with Crippen molar-refractivity contribution in [2.24, 2.45) is 5.16 Å². The molecular formula is C24H24N4O7S2. The Kier molecular flexibility index (Phi) is 7.09. The number of carbonyl (C=O) groups excluding carboxylic acids is 1. The average Bonchev–Trinajstić information content (AvgIpc) is 3.48. The number of hydrogen-bond donors (Lipinski definition) is 2. The molecule has 2 atom stereocenters. The number of nitrogens with one attached hydrogen (secondary N) is 1. The smallest absolute Gasteiger partial charge is 0.341 e. The highest BCUT2D eigenvalue weighted by Crippen LogP contribution is 2.33.